The van der Waals surface area contributed by atoms with E-state index >= 15 is 0 Å². The van der Waals surface area contributed by atoms with Crippen LogP contribution >= 0.6 is 0 Å². The van der Waals surface area contributed by atoms with Crippen LogP contribution in [0.25, 0.3) is 22.5 Å². The third kappa shape index (κ3) is 4.72. The number of nitrogens with zero attached hydrogens (tertiary/aromatic N) is 3. The maximum absolute atomic E-state index is 5.21. The predicted octanol–water partition coefficient (Wildman–Crippen LogP) is 6.99. The third-order valence-corrected chi connectivity index (χ3v) is 6.40. The summed E-state index contributed by atoms with van der Waals surface area (Å²) in [4.78, 5) is 15.3. The van der Waals surface area contributed by atoms with E-state index in [0.717, 1.165) is 45.2 Å². The van der Waals surface area contributed by atoms with E-state index in [0.29, 0.717) is 0 Å². The van der Waals surface area contributed by atoms with Gasteiger partial charge in [0.15, 0.2) is 0 Å². The molecule has 0 radical (unpaired) electrons. The van der Waals surface area contributed by atoms with Crippen LogP contribution in [0.1, 0.15) is 22.6 Å². The van der Waals surface area contributed by atoms with Gasteiger partial charge in [-0.15, -0.1) is 77.4 Å². The van der Waals surface area contributed by atoms with Gasteiger partial charge in [0.2, 0.25) is 0 Å². The summed E-state index contributed by atoms with van der Waals surface area (Å²) in [5, 5.41) is 0. The number of hydrogen-bond acceptors (Lipinski definition) is 3. The van der Waals surface area contributed by atoms with Crippen LogP contribution in [-0.2, 0) is 25.5 Å². The van der Waals surface area contributed by atoms with Crippen LogP contribution in [0.4, 0.5) is 0 Å². The molecule has 182 valence electrons. The molecule has 6 aromatic rings. The Morgan fingerprint density at radius 2 is 1.00 bits per heavy atom. The molecule has 0 amide bonds. The second-order valence-corrected chi connectivity index (χ2v) is 8.61. The van der Waals surface area contributed by atoms with Gasteiger partial charge in [-0.05, 0) is 35.7 Å². The quantitative estimate of drug-likeness (QED) is 0.180. The van der Waals surface area contributed by atoms with Crippen molar-refractivity contribution in [1.82, 2.24) is 15.0 Å². The van der Waals surface area contributed by atoms with Crippen molar-refractivity contribution in [1.29, 1.82) is 0 Å². The van der Waals surface area contributed by atoms with Gasteiger partial charge in [-0.25, -0.2) is 0 Å². The number of benzene rings is 3. The van der Waals surface area contributed by atoms with E-state index < -0.39 is 5.41 Å². The Hall–Kier alpha value is -4.24. The van der Waals surface area contributed by atoms with E-state index in [1.54, 1.807) is 0 Å². The van der Waals surface area contributed by atoms with Gasteiger partial charge in [-0.1, -0.05) is 30.3 Å². The molecular formula is C34H22IrN3. The summed E-state index contributed by atoms with van der Waals surface area (Å²) >= 11 is 0. The molecule has 3 aromatic heterocycles. The van der Waals surface area contributed by atoms with Crippen molar-refractivity contribution in [2.75, 3.05) is 0 Å². The van der Waals surface area contributed by atoms with Crippen LogP contribution in [0.2, 0.25) is 0 Å². The monoisotopic (exact) mass is 665 g/mol. The first-order chi connectivity index (χ1) is 18.4. The van der Waals surface area contributed by atoms with Crippen LogP contribution in [-0.4, -0.2) is 15.0 Å². The average molecular weight is 665 g/mol. The van der Waals surface area contributed by atoms with Crippen molar-refractivity contribution in [3.8, 4) is 22.5 Å². The summed E-state index contributed by atoms with van der Waals surface area (Å²) in [5.41, 5.74) is 5.98. The zero-order chi connectivity index (χ0) is 24.9. The zero-order valence-electron chi connectivity index (χ0n) is 20.4. The molecule has 0 spiro atoms. The van der Waals surface area contributed by atoms with E-state index in [1.807, 2.05) is 128 Å². The summed E-state index contributed by atoms with van der Waals surface area (Å²) in [6.45, 7) is 0. The van der Waals surface area contributed by atoms with Gasteiger partial charge >= 0.3 is 20.1 Å². The molecule has 0 saturated heterocycles. The maximum Gasteiger partial charge on any atom is 3.00 e. The standard InChI is InChI=1S/C34H22N3.Ir/c1-4-14-26(15-5-1)29-20-12-23-32(36-29)34(28-18-8-3-9-19-28,31-22-10-11-25-35-31)33-24-13-21-30(37-33)27-16-6-2-7-17-27;/h1-14,16,18,20-25H;/q-3;+3. The van der Waals surface area contributed by atoms with Crippen molar-refractivity contribution in [3.63, 3.8) is 0 Å². The van der Waals surface area contributed by atoms with Crippen molar-refractivity contribution in [3.05, 3.63) is 174 Å². The van der Waals surface area contributed by atoms with Gasteiger partial charge in [-0.3, -0.25) is 15.0 Å². The van der Waals surface area contributed by atoms with Crippen molar-refractivity contribution >= 4 is 0 Å². The van der Waals surface area contributed by atoms with Gasteiger partial charge in [0.05, 0.1) is 22.5 Å². The van der Waals surface area contributed by atoms with Crippen LogP contribution in [0.15, 0.2) is 134 Å². The Bertz CT molecular complexity index is 1480. The largest absolute Gasteiger partial charge is 3.00 e. The molecule has 0 aliphatic carbocycles. The van der Waals surface area contributed by atoms with Crippen molar-refractivity contribution in [2.45, 2.75) is 5.41 Å². The molecule has 4 heteroatoms. The topological polar surface area (TPSA) is 38.7 Å². The minimum Gasteiger partial charge on any atom is -0.300 e. The number of rotatable bonds is 6. The Morgan fingerprint density at radius 1 is 0.474 bits per heavy atom. The third-order valence-electron chi connectivity index (χ3n) is 6.40. The summed E-state index contributed by atoms with van der Waals surface area (Å²) in [6, 6.07) is 52.0. The summed E-state index contributed by atoms with van der Waals surface area (Å²) < 4.78 is 0. The Labute approximate surface area is 236 Å². The molecule has 3 heterocycles. The molecule has 0 bridgehead atoms. The smallest absolute Gasteiger partial charge is 0.300 e. The fourth-order valence-corrected chi connectivity index (χ4v) is 4.71. The van der Waals surface area contributed by atoms with Gasteiger partial charge < -0.3 is 0 Å². The second-order valence-electron chi connectivity index (χ2n) is 8.61. The first-order valence-electron chi connectivity index (χ1n) is 12.1. The summed E-state index contributed by atoms with van der Waals surface area (Å²) in [5.74, 6) is 0. The van der Waals surface area contributed by atoms with E-state index in [1.165, 1.54) is 0 Å². The van der Waals surface area contributed by atoms with Crippen LogP contribution in [0.3, 0.4) is 0 Å². The molecule has 0 aliphatic heterocycles. The normalized spacial score (nSPS) is 10.9. The molecule has 6 rings (SSSR count). The number of hydrogen-bond donors (Lipinski definition) is 0. The SMILES string of the molecule is [Ir+3].[c-]1ccccc1-c1cccc(C(c2[c-]cccc2)(c2ccccn2)c2cccc(-c3[c-]cccc3)n2)n1. The van der Waals surface area contributed by atoms with E-state index in [-0.39, 0.29) is 20.1 Å². The predicted molar refractivity (Wildman–Crippen MR) is 146 cm³/mol. The molecule has 3 aromatic carbocycles. The molecule has 0 saturated carbocycles. The molecule has 0 atom stereocenters. The fraction of sp³-hybridized carbons (Fsp3) is 0.0294. The van der Waals surface area contributed by atoms with Gasteiger partial charge in [-0.2, -0.15) is 30.3 Å². The van der Waals surface area contributed by atoms with Gasteiger partial charge in [0, 0.05) is 6.20 Å². The van der Waals surface area contributed by atoms with Crippen molar-refractivity contribution < 1.29 is 20.1 Å². The Morgan fingerprint density at radius 3 is 1.47 bits per heavy atom. The van der Waals surface area contributed by atoms with Crippen molar-refractivity contribution in [2.24, 2.45) is 0 Å². The summed E-state index contributed by atoms with van der Waals surface area (Å²) in [6.07, 6.45) is 1.82. The van der Waals surface area contributed by atoms with E-state index in [4.69, 9.17) is 15.0 Å². The van der Waals surface area contributed by atoms with Gasteiger partial charge in [0.1, 0.15) is 0 Å². The van der Waals surface area contributed by atoms with E-state index in [9.17, 15) is 0 Å². The molecule has 38 heavy (non-hydrogen) atoms. The number of aromatic nitrogens is 3. The zero-order valence-corrected chi connectivity index (χ0v) is 22.8. The summed E-state index contributed by atoms with van der Waals surface area (Å²) in [7, 11) is 0. The molecular weight excluding hydrogens is 643 g/mol. The minimum absolute atomic E-state index is 0. The second kappa shape index (κ2) is 11.4. The fourth-order valence-electron chi connectivity index (χ4n) is 4.71. The van der Waals surface area contributed by atoms with Crippen LogP contribution in [0, 0.1) is 18.2 Å². The van der Waals surface area contributed by atoms with Gasteiger partial charge in [0.25, 0.3) is 0 Å². The van der Waals surface area contributed by atoms with Crippen LogP contribution < -0.4 is 0 Å². The van der Waals surface area contributed by atoms with E-state index in [2.05, 4.69) is 24.3 Å². The first kappa shape index (κ1) is 25.4. The molecule has 3 nitrogen and oxygen atoms in total. The van der Waals surface area contributed by atoms with Crippen LogP contribution in [0.5, 0.6) is 0 Å². The molecule has 0 N–H and O–H groups in total. The Kier molecular flexibility index (Phi) is 7.65. The molecule has 0 fully saturated rings. The molecule has 0 aliphatic rings. The number of pyridine rings is 3. The molecule has 0 unspecified atom stereocenters. The minimum atomic E-state index is -0.905. The average Bonchev–Trinajstić information content (AvgIpc) is 3.00. The maximum atomic E-state index is 5.21. The first-order valence-corrected chi connectivity index (χ1v) is 12.1. The Balaban J connectivity index is 0.00000294.